The van der Waals surface area contributed by atoms with Crippen molar-refractivity contribution in [2.45, 2.75) is 38.9 Å². The summed E-state index contributed by atoms with van der Waals surface area (Å²) in [5.41, 5.74) is 1.66. The number of aryl methyl sites for hydroxylation is 3. The van der Waals surface area contributed by atoms with Gasteiger partial charge in [0.1, 0.15) is 5.82 Å². The Bertz CT molecular complexity index is 671. The first-order valence-electron chi connectivity index (χ1n) is 5.96. The highest BCUT2D eigenvalue weighted by Gasteiger charge is 2.19. The van der Waals surface area contributed by atoms with E-state index in [9.17, 15) is 8.42 Å². The van der Waals surface area contributed by atoms with Gasteiger partial charge in [-0.15, -0.1) is 0 Å². The van der Waals surface area contributed by atoms with Gasteiger partial charge in [-0.3, -0.25) is 5.10 Å². The molecule has 2 aromatic heterocycles. The van der Waals surface area contributed by atoms with Gasteiger partial charge in [-0.1, -0.05) is 0 Å². The van der Waals surface area contributed by atoms with Crippen molar-refractivity contribution in [2.75, 3.05) is 0 Å². The van der Waals surface area contributed by atoms with Crippen LogP contribution in [0, 0.1) is 13.8 Å². The zero-order valence-corrected chi connectivity index (χ0v) is 12.0. The van der Waals surface area contributed by atoms with Crippen LogP contribution in [0.4, 0.5) is 0 Å². The molecule has 0 radical (unpaired) electrons. The van der Waals surface area contributed by atoms with Crippen molar-refractivity contribution < 1.29 is 8.42 Å². The molecule has 0 aliphatic heterocycles. The van der Waals surface area contributed by atoms with E-state index in [1.165, 1.54) is 0 Å². The van der Waals surface area contributed by atoms with Gasteiger partial charge in [0.05, 0.1) is 6.20 Å². The van der Waals surface area contributed by atoms with Crippen molar-refractivity contribution in [3.8, 4) is 0 Å². The van der Waals surface area contributed by atoms with Gasteiger partial charge < -0.3 is 4.57 Å². The van der Waals surface area contributed by atoms with Crippen LogP contribution in [0.25, 0.3) is 0 Å². The predicted octanol–water partition coefficient (Wildman–Crippen LogP) is 0.721. The fourth-order valence-electron chi connectivity index (χ4n) is 1.73. The Morgan fingerprint density at radius 1 is 1.42 bits per heavy atom. The third-order valence-electron chi connectivity index (χ3n) is 2.96. The molecule has 0 aromatic carbocycles. The second-order valence-corrected chi connectivity index (χ2v) is 5.97. The van der Waals surface area contributed by atoms with Crippen LogP contribution in [0.3, 0.4) is 0 Å². The summed E-state index contributed by atoms with van der Waals surface area (Å²) in [6.45, 7) is 6.45. The Balaban J connectivity index is 2.16. The zero-order chi connectivity index (χ0) is 14.0. The Kier molecular flexibility index (Phi) is 3.72. The molecule has 2 rings (SSSR count). The van der Waals surface area contributed by atoms with E-state index in [4.69, 9.17) is 0 Å². The Labute approximate surface area is 112 Å². The van der Waals surface area contributed by atoms with Crippen LogP contribution in [0.2, 0.25) is 0 Å². The fraction of sp³-hybridized carbons (Fsp3) is 0.455. The van der Waals surface area contributed by atoms with Gasteiger partial charge in [0.25, 0.3) is 10.0 Å². The Morgan fingerprint density at radius 2 is 2.16 bits per heavy atom. The number of nitrogens with zero attached hydrogens (tertiary/aromatic N) is 3. The number of nitrogens with one attached hydrogen (secondary N) is 2. The molecule has 19 heavy (non-hydrogen) atoms. The number of aromatic nitrogens is 4. The van der Waals surface area contributed by atoms with E-state index in [2.05, 4.69) is 19.9 Å². The monoisotopic (exact) mass is 283 g/mol. The van der Waals surface area contributed by atoms with Crippen LogP contribution >= 0.6 is 0 Å². The standard InChI is InChI=1S/C11H17N5O2S/c1-4-16-7-11(14-9(16)3)19(17,18)13-6-10-5-12-15-8(10)2/h5,7,13H,4,6H2,1-3H3,(H,12,15). The molecular weight excluding hydrogens is 266 g/mol. The average molecular weight is 283 g/mol. The van der Waals surface area contributed by atoms with E-state index in [0.29, 0.717) is 12.4 Å². The molecule has 2 N–H and O–H groups in total. The van der Waals surface area contributed by atoms with E-state index in [-0.39, 0.29) is 11.6 Å². The zero-order valence-electron chi connectivity index (χ0n) is 11.1. The molecule has 0 saturated carbocycles. The largest absolute Gasteiger partial charge is 0.334 e. The SMILES string of the molecule is CCn1cc(S(=O)(=O)NCc2cn[nH]c2C)nc1C. The lowest BCUT2D eigenvalue weighted by Crippen LogP contribution is -2.23. The maximum atomic E-state index is 12.1. The summed E-state index contributed by atoms with van der Waals surface area (Å²) in [4.78, 5) is 4.06. The molecule has 104 valence electrons. The van der Waals surface area contributed by atoms with E-state index in [0.717, 1.165) is 11.3 Å². The molecule has 0 atom stereocenters. The normalized spacial score (nSPS) is 11.9. The highest BCUT2D eigenvalue weighted by molar-refractivity contribution is 7.89. The van der Waals surface area contributed by atoms with Gasteiger partial charge in [-0.25, -0.2) is 18.1 Å². The third-order valence-corrected chi connectivity index (χ3v) is 4.23. The van der Waals surface area contributed by atoms with Crippen molar-refractivity contribution in [3.63, 3.8) is 0 Å². The summed E-state index contributed by atoms with van der Waals surface area (Å²) in [5.74, 6) is 0.683. The summed E-state index contributed by atoms with van der Waals surface area (Å²) in [5, 5.41) is 6.66. The van der Waals surface area contributed by atoms with Crippen molar-refractivity contribution in [3.05, 3.63) is 29.5 Å². The van der Waals surface area contributed by atoms with Crippen molar-refractivity contribution in [1.29, 1.82) is 0 Å². The lowest BCUT2D eigenvalue weighted by atomic mass is 10.3. The van der Waals surface area contributed by atoms with Crippen LogP contribution in [-0.4, -0.2) is 28.2 Å². The smallest absolute Gasteiger partial charge is 0.259 e. The minimum Gasteiger partial charge on any atom is -0.334 e. The lowest BCUT2D eigenvalue weighted by molar-refractivity contribution is 0.577. The van der Waals surface area contributed by atoms with Crippen LogP contribution in [0.1, 0.15) is 24.0 Å². The van der Waals surface area contributed by atoms with E-state index >= 15 is 0 Å². The molecule has 0 unspecified atom stereocenters. The number of imidazole rings is 1. The molecule has 0 fully saturated rings. The van der Waals surface area contributed by atoms with Gasteiger partial charge in [-0.05, 0) is 20.8 Å². The lowest BCUT2D eigenvalue weighted by Gasteiger charge is -2.03. The molecular formula is C11H17N5O2S. The first-order valence-corrected chi connectivity index (χ1v) is 7.44. The van der Waals surface area contributed by atoms with Crippen molar-refractivity contribution >= 4 is 10.0 Å². The van der Waals surface area contributed by atoms with Gasteiger partial charge in [0, 0.05) is 30.5 Å². The van der Waals surface area contributed by atoms with Gasteiger partial charge in [0.15, 0.2) is 5.03 Å². The molecule has 0 saturated heterocycles. The van der Waals surface area contributed by atoms with Crippen LogP contribution in [0.15, 0.2) is 17.4 Å². The molecule has 2 heterocycles. The molecule has 0 amide bonds. The van der Waals surface area contributed by atoms with E-state index in [1.807, 2.05) is 13.8 Å². The van der Waals surface area contributed by atoms with Crippen molar-refractivity contribution in [2.24, 2.45) is 0 Å². The first-order chi connectivity index (χ1) is 8.94. The molecule has 2 aromatic rings. The first kappa shape index (κ1) is 13.8. The molecule has 0 spiro atoms. The molecule has 0 bridgehead atoms. The van der Waals surface area contributed by atoms with E-state index < -0.39 is 10.0 Å². The minimum atomic E-state index is -3.59. The topological polar surface area (TPSA) is 92.7 Å². The molecule has 7 nitrogen and oxygen atoms in total. The summed E-state index contributed by atoms with van der Waals surface area (Å²) in [7, 11) is -3.59. The van der Waals surface area contributed by atoms with E-state index in [1.54, 1.807) is 23.9 Å². The second kappa shape index (κ2) is 5.14. The van der Waals surface area contributed by atoms with Crippen molar-refractivity contribution in [1.82, 2.24) is 24.5 Å². The van der Waals surface area contributed by atoms with Crippen LogP contribution < -0.4 is 4.72 Å². The Hall–Kier alpha value is -1.67. The highest BCUT2D eigenvalue weighted by atomic mass is 32.2. The van der Waals surface area contributed by atoms with Gasteiger partial charge in [0.2, 0.25) is 0 Å². The second-order valence-electron chi connectivity index (χ2n) is 4.26. The maximum absolute atomic E-state index is 12.1. The molecule has 0 aliphatic carbocycles. The summed E-state index contributed by atoms with van der Waals surface area (Å²) >= 11 is 0. The predicted molar refractivity (Wildman–Crippen MR) is 70.0 cm³/mol. The molecule has 0 aliphatic rings. The maximum Gasteiger partial charge on any atom is 0.259 e. The number of hydrogen-bond acceptors (Lipinski definition) is 4. The Morgan fingerprint density at radius 3 is 2.68 bits per heavy atom. The number of hydrogen-bond donors (Lipinski definition) is 2. The van der Waals surface area contributed by atoms with Gasteiger partial charge >= 0.3 is 0 Å². The van der Waals surface area contributed by atoms with Crippen LogP contribution in [-0.2, 0) is 23.1 Å². The number of sulfonamides is 1. The van der Waals surface area contributed by atoms with Gasteiger partial charge in [-0.2, -0.15) is 5.10 Å². The number of aromatic amines is 1. The number of rotatable bonds is 5. The quantitative estimate of drug-likeness (QED) is 0.845. The van der Waals surface area contributed by atoms with Crippen LogP contribution in [0.5, 0.6) is 0 Å². The average Bonchev–Trinajstić information content (AvgIpc) is 2.93. The fourth-order valence-corrected chi connectivity index (χ4v) is 2.74. The molecule has 8 heteroatoms. The third kappa shape index (κ3) is 2.85. The summed E-state index contributed by atoms with van der Waals surface area (Å²) in [6, 6.07) is 0. The summed E-state index contributed by atoms with van der Waals surface area (Å²) in [6.07, 6.45) is 3.15. The minimum absolute atomic E-state index is 0.0491. The highest BCUT2D eigenvalue weighted by Crippen LogP contribution is 2.10. The number of H-pyrrole nitrogens is 1. The summed E-state index contributed by atoms with van der Waals surface area (Å²) < 4.78 is 28.5.